The Labute approximate surface area is 176 Å². The molecule has 0 N–H and O–H groups in total. The minimum Gasteiger partial charge on any atom is -0.114 e. The first-order valence-electron chi connectivity index (χ1n) is 9.93. The van der Waals surface area contributed by atoms with Gasteiger partial charge in [-0.25, -0.2) is 0 Å². The van der Waals surface area contributed by atoms with Crippen LogP contribution < -0.4 is 15.9 Å². The highest BCUT2D eigenvalue weighted by molar-refractivity contribution is 8.93. The lowest BCUT2D eigenvalue weighted by atomic mass is 10.2. The quantitative estimate of drug-likeness (QED) is 0.261. The molecule has 3 rings (SSSR count). The molecule has 0 saturated carbocycles. The van der Waals surface area contributed by atoms with E-state index in [0.29, 0.717) is 0 Å². The molecule has 0 aliphatic heterocycles. The summed E-state index contributed by atoms with van der Waals surface area (Å²) in [4.78, 5) is 0. The Hall–Kier alpha value is -1.43. The normalized spacial score (nSPS) is 11.0. The molecule has 0 fully saturated rings. The molecule has 0 aliphatic carbocycles. The van der Waals surface area contributed by atoms with Gasteiger partial charge in [-0.1, -0.05) is 124 Å². The van der Waals surface area contributed by atoms with Crippen LogP contribution in [0.4, 0.5) is 0 Å². The summed E-state index contributed by atoms with van der Waals surface area (Å²) in [6.45, 7) is 2.29. The molecule has 0 amide bonds. The summed E-state index contributed by atoms with van der Waals surface area (Å²) >= 11 is 0. The van der Waals surface area contributed by atoms with Crippen LogP contribution in [-0.4, -0.2) is 6.16 Å². The zero-order valence-electron chi connectivity index (χ0n) is 16.3. The van der Waals surface area contributed by atoms with Gasteiger partial charge in [-0.15, -0.1) is 17.0 Å². The van der Waals surface area contributed by atoms with Gasteiger partial charge in [0.1, 0.15) is 0 Å². The van der Waals surface area contributed by atoms with Crippen LogP contribution in [-0.2, 0) is 0 Å². The van der Waals surface area contributed by atoms with Crippen LogP contribution >= 0.6 is 24.2 Å². The minimum atomic E-state index is -1.60. The summed E-state index contributed by atoms with van der Waals surface area (Å²) in [5.74, 6) is 0. The molecular formula is C25H31BrP. The van der Waals surface area contributed by atoms with Crippen LogP contribution in [0.5, 0.6) is 0 Å². The fourth-order valence-electron chi connectivity index (χ4n) is 3.83. The van der Waals surface area contributed by atoms with Crippen LogP contribution in [0.15, 0.2) is 91.0 Å². The van der Waals surface area contributed by atoms with E-state index in [4.69, 9.17) is 0 Å². The first-order chi connectivity index (χ1) is 12.9. The van der Waals surface area contributed by atoms with Gasteiger partial charge in [-0.05, 0) is 35.8 Å². The van der Waals surface area contributed by atoms with Gasteiger partial charge in [0.15, 0.2) is 0 Å². The average Bonchev–Trinajstić information content (AvgIpc) is 2.73. The van der Waals surface area contributed by atoms with E-state index in [9.17, 15) is 0 Å². The van der Waals surface area contributed by atoms with Crippen LogP contribution in [0.25, 0.3) is 0 Å². The number of hydrogen-bond acceptors (Lipinski definition) is 0. The van der Waals surface area contributed by atoms with E-state index in [1.165, 1.54) is 54.2 Å². The standard InChI is InChI=1S/C25H30P.BrH/c1-2-3-4-5-15-22-26(23-16-9-6-10-17-23,24-18-11-7-12-19-24)25-20-13-8-14-21-25;/h6-14,16-21H,2-5,15,22H2,1H3;1H. The van der Waals surface area contributed by atoms with E-state index in [1.807, 2.05) is 0 Å². The SMILES string of the molecule is Br.CCCCCCC[P](c1ccccc1)(c1ccccc1)c1ccccc1. The van der Waals surface area contributed by atoms with Gasteiger partial charge in [0, 0.05) is 0 Å². The lowest BCUT2D eigenvalue weighted by Crippen LogP contribution is -2.33. The first-order valence-corrected chi connectivity index (χ1v) is 11.9. The fraction of sp³-hybridized carbons (Fsp3) is 0.280. The minimum absolute atomic E-state index is 0. The second kappa shape index (κ2) is 11.4. The molecule has 0 aromatic heterocycles. The zero-order chi connectivity index (χ0) is 18.1. The maximum absolute atomic E-state index is 2.35. The molecule has 0 saturated heterocycles. The molecule has 0 bridgehead atoms. The van der Waals surface area contributed by atoms with Crippen molar-refractivity contribution >= 4 is 40.2 Å². The van der Waals surface area contributed by atoms with Gasteiger partial charge in [-0.2, -0.15) is 0 Å². The second-order valence-electron chi connectivity index (χ2n) is 6.95. The molecule has 0 heterocycles. The van der Waals surface area contributed by atoms with Crippen molar-refractivity contribution in [3.8, 4) is 0 Å². The molecule has 2 heteroatoms. The van der Waals surface area contributed by atoms with Crippen LogP contribution in [0.3, 0.4) is 0 Å². The summed E-state index contributed by atoms with van der Waals surface area (Å²) in [5.41, 5.74) is 0. The van der Waals surface area contributed by atoms with Gasteiger partial charge in [-0.3, -0.25) is 0 Å². The van der Waals surface area contributed by atoms with Crippen LogP contribution in [0.2, 0.25) is 0 Å². The molecule has 0 atom stereocenters. The highest BCUT2D eigenvalue weighted by Gasteiger charge is 2.32. The van der Waals surface area contributed by atoms with Crippen molar-refractivity contribution in [2.45, 2.75) is 39.0 Å². The molecule has 3 aromatic carbocycles. The van der Waals surface area contributed by atoms with Gasteiger partial charge in [0.05, 0.1) is 0 Å². The van der Waals surface area contributed by atoms with Crippen molar-refractivity contribution in [3.05, 3.63) is 91.0 Å². The molecule has 0 aliphatic rings. The van der Waals surface area contributed by atoms with Gasteiger partial charge < -0.3 is 0 Å². The molecule has 1 radical (unpaired) electrons. The van der Waals surface area contributed by atoms with Gasteiger partial charge >= 0.3 is 0 Å². The van der Waals surface area contributed by atoms with E-state index in [1.54, 1.807) is 0 Å². The van der Waals surface area contributed by atoms with Crippen molar-refractivity contribution in [1.82, 2.24) is 0 Å². The van der Waals surface area contributed by atoms with Gasteiger partial charge in [0.2, 0.25) is 0 Å². The molecular weight excluding hydrogens is 411 g/mol. The fourth-order valence-corrected chi connectivity index (χ4v) is 8.24. The lowest BCUT2D eigenvalue weighted by molar-refractivity contribution is 0.658. The Morgan fingerprint density at radius 1 is 0.519 bits per heavy atom. The van der Waals surface area contributed by atoms with Crippen molar-refractivity contribution in [2.24, 2.45) is 0 Å². The highest BCUT2D eigenvalue weighted by atomic mass is 79.9. The Bertz CT molecular complexity index is 659. The first kappa shape index (κ1) is 21.9. The third-order valence-electron chi connectivity index (χ3n) is 5.19. The Morgan fingerprint density at radius 3 is 1.26 bits per heavy atom. The lowest BCUT2D eigenvalue weighted by Gasteiger charge is -2.38. The largest absolute Gasteiger partial charge is 0.114 e. The van der Waals surface area contributed by atoms with E-state index < -0.39 is 7.26 Å². The predicted molar refractivity (Wildman–Crippen MR) is 129 cm³/mol. The summed E-state index contributed by atoms with van der Waals surface area (Å²) in [6.07, 6.45) is 7.90. The van der Waals surface area contributed by atoms with E-state index in [0.717, 1.165) is 0 Å². The van der Waals surface area contributed by atoms with Crippen molar-refractivity contribution in [2.75, 3.05) is 6.16 Å². The van der Waals surface area contributed by atoms with Crippen LogP contribution in [0.1, 0.15) is 39.0 Å². The van der Waals surface area contributed by atoms with E-state index in [2.05, 4.69) is 97.9 Å². The Balaban J connectivity index is 0.00000261. The number of rotatable bonds is 9. The van der Waals surface area contributed by atoms with Crippen molar-refractivity contribution in [1.29, 1.82) is 0 Å². The molecule has 143 valence electrons. The summed E-state index contributed by atoms with van der Waals surface area (Å²) in [7, 11) is -1.60. The third-order valence-corrected chi connectivity index (χ3v) is 9.71. The third kappa shape index (κ3) is 5.31. The van der Waals surface area contributed by atoms with E-state index >= 15 is 0 Å². The summed E-state index contributed by atoms with van der Waals surface area (Å²) in [6, 6.07) is 33.7. The summed E-state index contributed by atoms with van der Waals surface area (Å²) in [5, 5.41) is 4.52. The smallest absolute Gasteiger partial charge is 0.0196 e. The predicted octanol–water partition coefficient (Wildman–Crippen LogP) is 6.53. The number of hydrogen-bond donors (Lipinski definition) is 0. The highest BCUT2D eigenvalue weighted by Crippen LogP contribution is 2.55. The number of halogens is 1. The van der Waals surface area contributed by atoms with Crippen LogP contribution in [0, 0.1) is 0 Å². The van der Waals surface area contributed by atoms with Crippen molar-refractivity contribution in [3.63, 3.8) is 0 Å². The molecule has 0 unspecified atom stereocenters. The Morgan fingerprint density at radius 2 is 0.889 bits per heavy atom. The van der Waals surface area contributed by atoms with E-state index in [-0.39, 0.29) is 17.0 Å². The zero-order valence-corrected chi connectivity index (χ0v) is 18.9. The maximum Gasteiger partial charge on any atom is -0.0196 e. The summed E-state index contributed by atoms with van der Waals surface area (Å²) < 4.78 is 0. The number of unbranched alkanes of at least 4 members (excludes halogenated alkanes) is 4. The molecule has 3 aromatic rings. The Kier molecular flexibility index (Phi) is 9.25. The molecule has 0 spiro atoms. The average molecular weight is 442 g/mol. The topological polar surface area (TPSA) is 0 Å². The monoisotopic (exact) mass is 441 g/mol. The molecule has 0 nitrogen and oxygen atoms in total. The maximum atomic E-state index is 2.35. The number of benzene rings is 3. The van der Waals surface area contributed by atoms with Crippen molar-refractivity contribution < 1.29 is 0 Å². The second-order valence-corrected chi connectivity index (χ2v) is 10.6. The van der Waals surface area contributed by atoms with Gasteiger partial charge in [0.25, 0.3) is 0 Å². The molecule has 27 heavy (non-hydrogen) atoms.